The Hall–Kier alpha value is -3.21. The number of fused-ring (bicyclic) bond motifs is 1. The van der Waals surface area contributed by atoms with E-state index in [4.69, 9.17) is 14.2 Å². The molecule has 1 amide bonds. The Balaban J connectivity index is 1.84. The van der Waals surface area contributed by atoms with Gasteiger partial charge in [0, 0.05) is 18.7 Å². The molecule has 0 atom stereocenters. The standard InChI is InChI=1S/C24H27NO4/c1-16(2)25(3)24(26)15-29-21-9-8-17-12-19(7-6-18(17)13-21)22-14-20(27-4)10-11-23(22)28-5/h6-14,16H,15H2,1-5H3. The fraction of sp³-hybridized carbons (Fsp3) is 0.292. The minimum atomic E-state index is -0.0411. The lowest BCUT2D eigenvalue weighted by atomic mass is 10.00. The van der Waals surface area contributed by atoms with Crippen LogP contribution in [0, 0.1) is 0 Å². The normalized spacial score (nSPS) is 10.8. The topological polar surface area (TPSA) is 48.0 Å². The summed E-state index contributed by atoms with van der Waals surface area (Å²) in [6.07, 6.45) is 0. The van der Waals surface area contributed by atoms with Gasteiger partial charge in [0.1, 0.15) is 17.2 Å². The van der Waals surface area contributed by atoms with Crippen LogP contribution >= 0.6 is 0 Å². The SMILES string of the molecule is COc1ccc(OC)c(-c2ccc3cc(OCC(=O)N(C)C(C)C)ccc3c2)c1. The Morgan fingerprint density at radius 2 is 1.59 bits per heavy atom. The van der Waals surface area contributed by atoms with Gasteiger partial charge in [0.15, 0.2) is 6.61 Å². The van der Waals surface area contributed by atoms with Crippen LogP contribution in [0.15, 0.2) is 54.6 Å². The van der Waals surface area contributed by atoms with Crippen molar-refractivity contribution < 1.29 is 19.0 Å². The molecule has 0 aliphatic carbocycles. The molecule has 0 bridgehead atoms. The van der Waals surface area contributed by atoms with Gasteiger partial charge in [-0.05, 0) is 66.6 Å². The third-order valence-corrected chi connectivity index (χ3v) is 5.06. The Kier molecular flexibility index (Phi) is 6.27. The van der Waals surface area contributed by atoms with Crippen LogP contribution in [0.3, 0.4) is 0 Å². The van der Waals surface area contributed by atoms with Crippen LogP contribution in [0.5, 0.6) is 17.2 Å². The second-order valence-electron chi connectivity index (χ2n) is 7.18. The number of carbonyl (C=O) groups is 1. The zero-order valence-corrected chi connectivity index (χ0v) is 17.6. The molecule has 0 unspecified atom stereocenters. The molecule has 0 N–H and O–H groups in total. The lowest BCUT2D eigenvalue weighted by Gasteiger charge is -2.21. The van der Waals surface area contributed by atoms with Crippen molar-refractivity contribution in [3.8, 4) is 28.4 Å². The molecule has 0 heterocycles. The molecule has 0 saturated carbocycles. The molecule has 0 spiro atoms. The molecule has 0 fully saturated rings. The van der Waals surface area contributed by atoms with Crippen molar-refractivity contribution >= 4 is 16.7 Å². The molecule has 0 aromatic heterocycles. The molecule has 3 aromatic rings. The number of carbonyl (C=O) groups excluding carboxylic acids is 1. The zero-order valence-electron chi connectivity index (χ0n) is 17.6. The fourth-order valence-corrected chi connectivity index (χ4v) is 3.06. The molecule has 0 aliphatic heterocycles. The van der Waals surface area contributed by atoms with E-state index in [1.54, 1.807) is 26.2 Å². The summed E-state index contributed by atoms with van der Waals surface area (Å²) in [5.41, 5.74) is 2.01. The highest BCUT2D eigenvalue weighted by molar-refractivity contribution is 5.89. The van der Waals surface area contributed by atoms with Gasteiger partial charge in [0.2, 0.25) is 0 Å². The van der Waals surface area contributed by atoms with Gasteiger partial charge in [-0.15, -0.1) is 0 Å². The Labute approximate surface area is 171 Å². The van der Waals surface area contributed by atoms with Gasteiger partial charge in [-0.3, -0.25) is 4.79 Å². The highest BCUT2D eigenvalue weighted by Crippen LogP contribution is 2.35. The summed E-state index contributed by atoms with van der Waals surface area (Å²) < 4.78 is 16.6. The van der Waals surface area contributed by atoms with E-state index in [2.05, 4.69) is 6.07 Å². The number of hydrogen-bond acceptors (Lipinski definition) is 4. The zero-order chi connectivity index (χ0) is 21.0. The molecule has 5 heteroatoms. The van der Waals surface area contributed by atoms with Crippen LogP contribution in [0.4, 0.5) is 0 Å². The van der Waals surface area contributed by atoms with Crippen LogP contribution in [0.25, 0.3) is 21.9 Å². The molecule has 0 aliphatic rings. The second kappa shape index (κ2) is 8.86. The molecular weight excluding hydrogens is 366 g/mol. The minimum Gasteiger partial charge on any atom is -0.497 e. The molecule has 3 aromatic carbocycles. The van der Waals surface area contributed by atoms with E-state index < -0.39 is 0 Å². The van der Waals surface area contributed by atoms with Crippen molar-refractivity contribution in [3.63, 3.8) is 0 Å². The number of likely N-dealkylation sites (N-methyl/N-ethyl adjacent to an activating group) is 1. The monoisotopic (exact) mass is 393 g/mol. The third-order valence-electron chi connectivity index (χ3n) is 5.06. The average molecular weight is 393 g/mol. The first-order valence-electron chi connectivity index (χ1n) is 9.57. The summed E-state index contributed by atoms with van der Waals surface area (Å²) in [4.78, 5) is 13.8. The van der Waals surface area contributed by atoms with Crippen LogP contribution in [-0.2, 0) is 4.79 Å². The predicted octanol–water partition coefficient (Wildman–Crippen LogP) is 4.77. The van der Waals surface area contributed by atoms with Gasteiger partial charge < -0.3 is 19.1 Å². The first-order valence-corrected chi connectivity index (χ1v) is 9.57. The lowest BCUT2D eigenvalue weighted by molar-refractivity contribution is -0.133. The summed E-state index contributed by atoms with van der Waals surface area (Å²) in [6, 6.07) is 17.9. The molecule has 3 rings (SSSR count). The van der Waals surface area contributed by atoms with Crippen LogP contribution in [0.1, 0.15) is 13.8 Å². The summed E-state index contributed by atoms with van der Waals surface area (Å²) >= 11 is 0. The largest absolute Gasteiger partial charge is 0.497 e. The highest BCUT2D eigenvalue weighted by Gasteiger charge is 2.13. The van der Waals surface area contributed by atoms with E-state index in [-0.39, 0.29) is 18.6 Å². The minimum absolute atomic E-state index is 0.0271. The van der Waals surface area contributed by atoms with E-state index in [0.29, 0.717) is 5.75 Å². The maximum absolute atomic E-state index is 12.1. The van der Waals surface area contributed by atoms with E-state index in [0.717, 1.165) is 33.4 Å². The smallest absolute Gasteiger partial charge is 0.260 e. The first-order chi connectivity index (χ1) is 13.9. The van der Waals surface area contributed by atoms with Gasteiger partial charge in [-0.1, -0.05) is 18.2 Å². The van der Waals surface area contributed by atoms with E-state index >= 15 is 0 Å². The highest BCUT2D eigenvalue weighted by atomic mass is 16.5. The quantitative estimate of drug-likeness (QED) is 0.580. The van der Waals surface area contributed by atoms with Gasteiger partial charge in [-0.25, -0.2) is 0 Å². The number of methoxy groups -OCH3 is 2. The van der Waals surface area contributed by atoms with Crippen LogP contribution < -0.4 is 14.2 Å². The molecule has 0 saturated heterocycles. The van der Waals surface area contributed by atoms with Crippen LogP contribution in [0.2, 0.25) is 0 Å². The second-order valence-corrected chi connectivity index (χ2v) is 7.18. The lowest BCUT2D eigenvalue weighted by Crippen LogP contribution is -2.36. The molecule has 29 heavy (non-hydrogen) atoms. The van der Waals surface area contributed by atoms with E-state index in [1.807, 2.05) is 62.4 Å². The van der Waals surface area contributed by atoms with Crippen molar-refractivity contribution in [2.45, 2.75) is 19.9 Å². The average Bonchev–Trinajstić information content (AvgIpc) is 2.75. The Bertz CT molecular complexity index is 1010. The summed E-state index contributed by atoms with van der Waals surface area (Å²) in [5, 5.41) is 2.11. The van der Waals surface area contributed by atoms with Crippen molar-refractivity contribution in [2.24, 2.45) is 0 Å². The third kappa shape index (κ3) is 4.62. The summed E-state index contributed by atoms with van der Waals surface area (Å²) in [7, 11) is 5.09. The summed E-state index contributed by atoms with van der Waals surface area (Å²) in [6.45, 7) is 3.98. The van der Waals surface area contributed by atoms with E-state index in [1.165, 1.54) is 0 Å². The van der Waals surface area contributed by atoms with E-state index in [9.17, 15) is 4.79 Å². The van der Waals surface area contributed by atoms with Gasteiger partial charge in [0.05, 0.1) is 14.2 Å². The maximum atomic E-state index is 12.1. The first kappa shape index (κ1) is 20.5. The van der Waals surface area contributed by atoms with Gasteiger partial charge in [-0.2, -0.15) is 0 Å². The number of ether oxygens (including phenoxy) is 3. The number of nitrogens with zero attached hydrogens (tertiary/aromatic N) is 1. The maximum Gasteiger partial charge on any atom is 0.260 e. The molecule has 5 nitrogen and oxygen atoms in total. The van der Waals surface area contributed by atoms with Gasteiger partial charge in [0.25, 0.3) is 5.91 Å². The van der Waals surface area contributed by atoms with Crippen molar-refractivity contribution in [3.05, 3.63) is 54.6 Å². The summed E-state index contributed by atoms with van der Waals surface area (Å²) in [5.74, 6) is 2.20. The predicted molar refractivity (Wildman–Crippen MR) is 116 cm³/mol. The molecular formula is C24H27NO4. The van der Waals surface area contributed by atoms with Gasteiger partial charge >= 0.3 is 0 Å². The number of hydrogen-bond donors (Lipinski definition) is 0. The number of benzene rings is 3. The number of rotatable bonds is 7. The van der Waals surface area contributed by atoms with Crippen molar-refractivity contribution in [2.75, 3.05) is 27.9 Å². The fourth-order valence-electron chi connectivity index (χ4n) is 3.06. The molecule has 152 valence electrons. The molecule has 0 radical (unpaired) electrons. The van der Waals surface area contributed by atoms with Crippen molar-refractivity contribution in [1.82, 2.24) is 4.90 Å². The Morgan fingerprint density at radius 3 is 2.28 bits per heavy atom. The van der Waals surface area contributed by atoms with Crippen molar-refractivity contribution in [1.29, 1.82) is 0 Å². The van der Waals surface area contributed by atoms with Crippen LogP contribution in [-0.4, -0.2) is 44.7 Å². The Morgan fingerprint density at radius 1 is 0.897 bits per heavy atom. The number of amides is 1.